The fourth-order valence-corrected chi connectivity index (χ4v) is 0.920. The minimum atomic E-state index is 0.358. The number of hydrogen-bond donors (Lipinski definition) is 2. The minimum absolute atomic E-state index is 0.358. The van der Waals surface area contributed by atoms with E-state index in [1.807, 2.05) is 30.3 Å². The lowest BCUT2D eigenvalue weighted by Gasteiger charge is -2.14. The van der Waals surface area contributed by atoms with Gasteiger partial charge in [-0.2, -0.15) is 0 Å². The Kier molecular flexibility index (Phi) is 2.87. The Hall–Kier alpha value is -0.580. The summed E-state index contributed by atoms with van der Waals surface area (Å²) in [5.41, 5.74) is 0.840. The Bertz CT molecular complexity index is 248. The molecule has 0 spiro atoms. The van der Waals surface area contributed by atoms with Gasteiger partial charge < -0.3 is 0 Å². The SMILES string of the molecule is NN(C(=S)S)c1ccccc1. The minimum Gasteiger partial charge on any atom is -0.264 e. The molecule has 0 aliphatic rings. The maximum absolute atomic E-state index is 5.55. The van der Waals surface area contributed by atoms with Crippen LogP contribution in [-0.2, 0) is 0 Å². The summed E-state index contributed by atoms with van der Waals surface area (Å²) in [6.45, 7) is 0. The van der Waals surface area contributed by atoms with Crippen LogP contribution in [0.3, 0.4) is 0 Å². The van der Waals surface area contributed by atoms with E-state index in [0.29, 0.717) is 4.32 Å². The lowest BCUT2D eigenvalue weighted by molar-refractivity contribution is 1.17. The lowest BCUT2D eigenvalue weighted by atomic mass is 10.3. The van der Waals surface area contributed by atoms with Gasteiger partial charge in [-0.1, -0.05) is 30.4 Å². The van der Waals surface area contributed by atoms with Gasteiger partial charge in [0.05, 0.1) is 5.69 Å². The van der Waals surface area contributed by atoms with Crippen molar-refractivity contribution in [3.8, 4) is 0 Å². The summed E-state index contributed by atoms with van der Waals surface area (Å²) in [4.78, 5) is 0. The summed E-state index contributed by atoms with van der Waals surface area (Å²) < 4.78 is 0.358. The molecule has 58 valence electrons. The molecule has 0 atom stereocenters. The molecule has 0 heterocycles. The highest BCUT2D eigenvalue weighted by Crippen LogP contribution is 2.10. The van der Waals surface area contributed by atoms with Crippen molar-refractivity contribution in [2.24, 2.45) is 5.84 Å². The Morgan fingerprint density at radius 3 is 2.36 bits per heavy atom. The van der Waals surface area contributed by atoms with Crippen LogP contribution in [0.5, 0.6) is 0 Å². The normalized spacial score (nSPS) is 9.27. The molecule has 0 aromatic heterocycles. The molecule has 2 N–H and O–H groups in total. The molecule has 0 amide bonds. The van der Waals surface area contributed by atoms with Gasteiger partial charge in [-0.15, -0.1) is 12.6 Å². The molecule has 2 nitrogen and oxygen atoms in total. The van der Waals surface area contributed by atoms with Crippen LogP contribution >= 0.6 is 24.8 Å². The number of benzene rings is 1. The van der Waals surface area contributed by atoms with Crippen molar-refractivity contribution in [3.05, 3.63) is 30.3 Å². The number of nitrogens with zero attached hydrogens (tertiary/aromatic N) is 1. The zero-order valence-electron chi connectivity index (χ0n) is 5.77. The molecule has 0 saturated heterocycles. The molecular formula is C7H8N2S2. The first-order chi connectivity index (χ1) is 5.22. The predicted octanol–water partition coefficient (Wildman–Crippen LogP) is 1.58. The van der Waals surface area contributed by atoms with Gasteiger partial charge in [-0.3, -0.25) is 5.01 Å². The van der Waals surface area contributed by atoms with E-state index < -0.39 is 0 Å². The van der Waals surface area contributed by atoms with Crippen LogP contribution in [0.15, 0.2) is 30.3 Å². The number of hydrogen-bond acceptors (Lipinski definition) is 2. The van der Waals surface area contributed by atoms with Crippen LogP contribution < -0.4 is 10.9 Å². The summed E-state index contributed by atoms with van der Waals surface area (Å²) in [5.74, 6) is 5.55. The molecule has 0 radical (unpaired) electrons. The number of para-hydroxylation sites is 1. The molecule has 0 saturated carbocycles. The largest absolute Gasteiger partial charge is 0.264 e. The molecule has 0 aliphatic heterocycles. The third kappa shape index (κ3) is 2.18. The maximum atomic E-state index is 5.55. The highest BCUT2D eigenvalue weighted by Gasteiger charge is 2.00. The van der Waals surface area contributed by atoms with Crippen molar-refractivity contribution in [1.82, 2.24) is 0 Å². The van der Waals surface area contributed by atoms with Crippen molar-refractivity contribution in [3.63, 3.8) is 0 Å². The van der Waals surface area contributed by atoms with Gasteiger partial charge in [0.25, 0.3) is 0 Å². The van der Waals surface area contributed by atoms with Gasteiger partial charge in [0.15, 0.2) is 4.32 Å². The van der Waals surface area contributed by atoms with E-state index >= 15 is 0 Å². The van der Waals surface area contributed by atoms with Crippen molar-refractivity contribution < 1.29 is 0 Å². The second-order valence-electron chi connectivity index (χ2n) is 1.99. The first-order valence-electron chi connectivity index (χ1n) is 3.04. The molecule has 0 fully saturated rings. The first-order valence-corrected chi connectivity index (χ1v) is 3.90. The molecule has 11 heavy (non-hydrogen) atoms. The summed E-state index contributed by atoms with van der Waals surface area (Å²) in [7, 11) is 0. The molecule has 0 unspecified atom stereocenters. The first kappa shape index (κ1) is 8.52. The number of rotatable bonds is 1. The number of thiol groups is 1. The second kappa shape index (κ2) is 3.71. The van der Waals surface area contributed by atoms with Crippen molar-refractivity contribution >= 4 is 34.9 Å². The van der Waals surface area contributed by atoms with Crippen LogP contribution in [0, 0.1) is 0 Å². The van der Waals surface area contributed by atoms with Gasteiger partial charge in [0, 0.05) is 0 Å². The Morgan fingerprint density at radius 1 is 1.36 bits per heavy atom. The zero-order valence-corrected chi connectivity index (χ0v) is 7.48. The average Bonchev–Trinajstić information content (AvgIpc) is 2.05. The van der Waals surface area contributed by atoms with E-state index in [-0.39, 0.29) is 0 Å². The van der Waals surface area contributed by atoms with E-state index in [2.05, 4.69) is 12.6 Å². The zero-order chi connectivity index (χ0) is 8.27. The Morgan fingerprint density at radius 2 is 1.91 bits per heavy atom. The van der Waals surface area contributed by atoms with E-state index in [4.69, 9.17) is 18.1 Å². The number of hydrazine groups is 1. The number of thiocarbonyl (C=S) groups is 1. The third-order valence-electron chi connectivity index (χ3n) is 1.24. The van der Waals surface area contributed by atoms with E-state index in [9.17, 15) is 0 Å². The van der Waals surface area contributed by atoms with Crippen LogP contribution in [0.2, 0.25) is 0 Å². The van der Waals surface area contributed by atoms with Gasteiger partial charge in [0.2, 0.25) is 0 Å². The fraction of sp³-hybridized carbons (Fsp3) is 0. The van der Waals surface area contributed by atoms with Crippen molar-refractivity contribution in [2.75, 3.05) is 5.01 Å². The molecular weight excluding hydrogens is 176 g/mol. The van der Waals surface area contributed by atoms with Gasteiger partial charge in [-0.05, 0) is 12.1 Å². The van der Waals surface area contributed by atoms with Crippen molar-refractivity contribution in [2.45, 2.75) is 0 Å². The molecule has 0 aliphatic carbocycles. The Labute approximate surface area is 76.4 Å². The number of anilines is 1. The quantitative estimate of drug-likeness (QED) is 0.300. The summed E-state index contributed by atoms with van der Waals surface area (Å²) in [6, 6.07) is 9.42. The monoisotopic (exact) mass is 184 g/mol. The average molecular weight is 184 g/mol. The predicted molar refractivity (Wildman–Crippen MR) is 54.7 cm³/mol. The lowest BCUT2D eigenvalue weighted by Crippen LogP contribution is -2.32. The molecule has 1 aromatic carbocycles. The summed E-state index contributed by atoms with van der Waals surface area (Å²) in [6.07, 6.45) is 0. The van der Waals surface area contributed by atoms with Gasteiger partial charge in [-0.25, -0.2) is 5.84 Å². The topological polar surface area (TPSA) is 29.3 Å². The van der Waals surface area contributed by atoms with Crippen molar-refractivity contribution in [1.29, 1.82) is 0 Å². The van der Waals surface area contributed by atoms with Crippen LogP contribution in [0.25, 0.3) is 0 Å². The third-order valence-corrected chi connectivity index (χ3v) is 1.65. The van der Waals surface area contributed by atoms with E-state index in [1.54, 1.807) is 0 Å². The fourth-order valence-electron chi connectivity index (χ4n) is 0.699. The van der Waals surface area contributed by atoms with Crippen LogP contribution in [-0.4, -0.2) is 4.32 Å². The van der Waals surface area contributed by atoms with Crippen LogP contribution in [0.1, 0.15) is 0 Å². The smallest absolute Gasteiger partial charge is 0.152 e. The maximum Gasteiger partial charge on any atom is 0.152 e. The van der Waals surface area contributed by atoms with E-state index in [0.717, 1.165) is 5.69 Å². The van der Waals surface area contributed by atoms with Gasteiger partial charge >= 0.3 is 0 Å². The summed E-state index contributed by atoms with van der Waals surface area (Å²) >= 11 is 8.70. The van der Waals surface area contributed by atoms with E-state index in [1.165, 1.54) is 5.01 Å². The van der Waals surface area contributed by atoms with Gasteiger partial charge in [0.1, 0.15) is 0 Å². The highest BCUT2D eigenvalue weighted by molar-refractivity contribution is 8.11. The van der Waals surface area contributed by atoms with Crippen LogP contribution in [0.4, 0.5) is 5.69 Å². The number of nitrogens with two attached hydrogens (primary N) is 1. The molecule has 1 rings (SSSR count). The molecule has 1 aromatic rings. The second-order valence-corrected chi connectivity index (χ2v) is 3.10. The Balaban J connectivity index is 2.85. The highest BCUT2D eigenvalue weighted by atomic mass is 32.1. The molecule has 4 heteroatoms. The molecule has 0 bridgehead atoms. The standard InChI is InChI=1S/C7H8N2S2/c8-9(7(10)11)6-4-2-1-3-5-6/h1-5H,8H2,(H,10,11). The summed E-state index contributed by atoms with van der Waals surface area (Å²) in [5, 5.41) is 1.35.